The Hall–Kier alpha value is -6.17. The van der Waals surface area contributed by atoms with Gasteiger partial charge in [0.15, 0.2) is 5.82 Å². The van der Waals surface area contributed by atoms with Crippen LogP contribution in [0.5, 0.6) is 17.4 Å². The molecule has 18 heteroatoms. The maximum atomic E-state index is 17.9. The van der Waals surface area contributed by atoms with Crippen molar-refractivity contribution in [3.05, 3.63) is 88.5 Å². The lowest BCUT2D eigenvalue weighted by atomic mass is 9.95. The number of carbonyl (C=O) groups excluding carboxylic acids is 1. The summed E-state index contributed by atoms with van der Waals surface area (Å²) in [6.07, 6.45) is -4.55. The summed E-state index contributed by atoms with van der Waals surface area (Å²) in [5, 5.41) is 10.3. The first-order valence-electron chi connectivity index (χ1n) is 22.0. The molecule has 3 saturated heterocycles. The Morgan fingerprint density at radius 2 is 1.53 bits per heavy atom. The van der Waals surface area contributed by atoms with Gasteiger partial charge in [-0.05, 0) is 101 Å². The van der Waals surface area contributed by atoms with Crippen molar-refractivity contribution in [2.45, 2.75) is 109 Å². The van der Waals surface area contributed by atoms with Crippen molar-refractivity contribution < 1.29 is 50.8 Å². The molecule has 5 atom stereocenters. The van der Waals surface area contributed by atoms with E-state index in [0.717, 1.165) is 13.0 Å². The molecule has 3 fully saturated rings. The number of hydrogen-bond donors (Lipinski definition) is 1. The standard InChI is InChI=1S/C48H52F5N7O6/c1-25-37(48(51,52)53)33(20-35(38(25)49)57(21-27-8-13-31(63-6)14-9-27)22-28-10-15-32(64-7)16-11-28)40-39(50)41-36-43(56-45(55-41)58-19-18-30(58)24-61)59-23-29-12-17-34(42(59)26(2)65-44(36)54-40)60(29)46(62)66-47(3,4)5/h8-11,13-16,20,26,29-30,34,42,61H,12,17-19,21-24H2,1-7H3/t26-,29+,30?,34-,42+/m0/s1. The molecule has 5 aromatic rings. The Labute approximate surface area is 379 Å². The van der Waals surface area contributed by atoms with E-state index >= 15 is 22.0 Å². The molecule has 1 amide bonds. The van der Waals surface area contributed by atoms with Crippen molar-refractivity contribution in [1.29, 1.82) is 0 Å². The summed E-state index contributed by atoms with van der Waals surface area (Å²) in [4.78, 5) is 35.0. The normalized spacial score (nSPS) is 21.2. The molecule has 2 aromatic heterocycles. The molecule has 1 N–H and O–H groups in total. The Morgan fingerprint density at radius 1 is 0.894 bits per heavy atom. The third-order valence-electron chi connectivity index (χ3n) is 13.1. The van der Waals surface area contributed by atoms with E-state index in [4.69, 9.17) is 23.9 Å². The van der Waals surface area contributed by atoms with Crippen LogP contribution in [0.2, 0.25) is 0 Å². The van der Waals surface area contributed by atoms with Gasteiger partial charge in [-0.15, -0.1) is 0 Å². The van der Waals surface area contributed by atoms with Crippen molar-refractivity contribution in [1.82, 2.24) is 19.9 Å². The molecule has 66 heavy (non-hydrogen) atoms. The number of aliphatic hydroxyl groups excluding tert-OH is 1. The van der Waals surface area contributed by atoms with Crippen molar-refractivity contribution in [2.75, 3.05) is 48.6 Å². The van der Waals surface area contributed by atoms with Gasteiger partial charge in [-0.2, -0.15) is 18.2 Å². The lowest BCUT2D eigenvalue weighted by molar-refractivity contribution is -0.137. The molecule has 4 aliphatic rings. The van der Waals surface area contributed by atoms with E-state index in [-0.39, 0.29) is 72.6 Å². The summed E-state index contributed by atoms with van der Waals surface area (Å²) in [5.41, 5.74) is -3.57. The zero-order valence-corrected chi connectivity index (χ0v) is 37.7. The number of aliphatic hydroxyl groups is 1. The van der Waals surface area contributed by atoms with Crippen LogP contribution in [0.1, 0.15) is 69.2 Å². The van der Waals surface area contributed by atoms with Gasteiger partial charge in [-0.1, -0.05) is 24.3 Å². The molecule has 0 saturated carbocycles. The highest BCUT2D eigenvalue weighted by molar-refractivity contribution is 5.98. The molecular weight excluding hydrogens is 866 g/mol. The summed E-state index contributed by atoms with van der Waals surface area (Å²) >= 11 is 0. The molecule has 350 valence electrons. The monoisotopic (exact) mass is 917 g/mol. The van der Waals surface area contributed by atoms with Crippen LogP contribution in [-0.2, 0) is 24.0 Å². The predicted octanol–water partition coefficient (Wildman–Crippen LogP) is 8.83. The first kappa shape index (κ1) is 45.0. The topological polar surface area (TPSA) is 126 Å². The van der Waals surface area contributed by atoms with E-state index in [1.165, 1.54) is 14.2 Å². The smallest absolute Gasteiger partial charge is 0.417 e. The van der Waals surface area contributed by atoms with Gasteiger partial charge in [0, 0.05) is 31.7 Å². The van der Waals surface area contributed by atoms with Gasteiger partial charge in [-0.25, -0.2) is 23.5 Å². The van der Waals surface area contributed by atoms with Gasteiger partial charge in [0.1, 0.15) is 51.4 Å². The van der Waals surface area contributed by atoms with E-state index < -0.39 is 70.1 Å². The van der Waals surface area contributed by atoms with Crippen LogP contribution in [-0.4, -0.2) is 101 Å². The summed E-state index contributed by atoms with van der Waals surface area (Å²) in [6.45, 7) is 8.72. The molecule has 3 aromatic carbocycles. The number of nitrogens with zero attached hydrogens (tertiary/aromatic N) is 7. The number of methoxy groups -OCH3 is 2. The second-order valence-electron chi connectivity index (χ2n) is 18.4. The zero-order valence-electron chi connectivity index (χ0n) is 37.7. The van der Waals surface area contributed by atoms with Gasteiger partial charge < -0.3 is 38.8 Å². The minimum Gasteiger partial charge on any atom is -0.497 e. The molecule has 2 bridgehead atoms. The molecule has 4 aliphatic heterocycles. The fourth-order valence-electron chi connectivity index (χ4n) is 9.91. The largest absolute Gasteiger partial charge is 0.497 e. The van der Waals surface area contributed by atoms with E-state index in [9.17, 15) is 9.90 Å². The molecule has 0 spiro atoms. The van der Waals surface area contributed by atoms with Crippen LogP contribution in [0.25, 0.3) is 22.2 Å². The number of benzene rings is 3. The Balaban J connectivity index is 1.24. The number of halogens is 5. The molecule has 0 radical (unpaired) electrons. The SMILES string of the molecule is COc1ccc(CN(Cc2ccc(OC)cc2)c2cc(-c3nc4c5c(nc(N6CCC6CO)nc5c3F)N3C[C@H]5CC[C@@H]([C@H]3[C@H](C)O4)N5C(=O)OC(C)(C)C)c(C(F)(F)F)c(C)c2F)cc1. The number of aromatic nitrogens is 3. The third-order valence-corrected chi connectivity index (χ3v) is 13.1. The van der Waals surface area contributed by atoms with Crippen LogP contribution in [0.15, 0.2) is 54.6 Å². The Bertz CT molecular complexity index is 2610. The molecule has 0 aliphatic carbocycles. The number of piperazine rings is 1. The number of hydrogen-bond acceptors (Lipinski definition) is 12. The Morgan fingerprint density at radius 3 is 2.08 bits per heavy atom. The second kappa shape index (κ2) is 16.9. The lowest BCUT2D eigenvalue weighted by Crippen LogP contribution is -2.65. The predicted molar refractivity (Wildman–Crippen MR) is 237 cm³/mol. The summed E-state index contributed by atoms with van der Waals surface area (Å²) in [7, 11) is 3.04. The molecular formula is C48H52F5N7O6. The van der Waals surface area contributed by atoms with Gasteiger partial charge in [-0.3, -0.25) is 4.90 Å². The Kier molecular flexibility index (Phi) is 11.5. The van der Waals surface area contributed by atoms with Crippen LogP contribution in [0, 0.1) is 18.6 Å². The minimum atomic E-state index is -5.17. The number of pyridine rings is 1. The highest BCUT2D eigenvalue weighted by Gasteiger charge is 2.54. The number of alkyl halides is 3. The van der Waals surface area contributed by atoms with Crippen LogP contribution >= 0.6 is 0 Å². The lowest BCUT2D eigenvalue weighted by Gasteiger charge is -2.48. The van der Waals surface area contributed by atoms with Gasteiger partial charge in [0.05, 0.1) is 56.2 Å². The van der Waals surface area contributed by atoms with Crippen LogP contribution in [0.3, 0.4) is 0 Å². The van der Waals surface area contributed by atoms with Crippen LogP contribution in [0.4, 0.5) is 44.2 Å². The van der Waals surface area contributed by atoms with Gasteiger partial charge in [0.2, 0.25) is 11.8 Å². The van der Waals surface area contributed by atoms with E-state index in [1.54, 1.807) is 90.9 Å². The second-order valence-corrected chi connectivity index (χ2v) is 18.4. The number of amides is 1. The number of ether oxygens (including phenoxy) is 4. The molecule has 6 heterocycles. The first-order valence-corrected chi connectivity index (χ1v) is 22.0. The third kappa shape index (κ3) is 8.00. The van der Waals surface area contributed by atoms with E-state index in [0.29, 0.717) is 48.4 Å². The van der Waals surface area contributed by atoms with Crippen molar-refractivity contribution in [2.24, 2.45) is 0 Å². The number of anilines is 3. The highest BCUT2D eigenvalue weighted by atomic mass is 19.4. The van der Waals surface area contributed by atoms with Crippen molar-refractivity contribution in [3.8, 4) is 28.6 Å². The maximum absolute atomic E-state index is 17.9. The van der Waals surface area contributed by atoms with E-state index in [1.807, 2.05) is 4.90 Å². The maximum Gasteiger partial charge on any atom is 0.417 e. The molecule has 1 unspecified atom stereocenters. The highest BCUT2D eigenvalue weighted by Crippen LogP contribution is 2.50. The average Bonchev–Trinajstić information content (AvgIpc) is 3.50. The summed E-state index contributed by atoms with van der Waals surface area (Å²) in [5.74, 6) is -1.07. The molecule has 9 rings (SSSR count). The quantitative estimate of drug-likeness (QED) is 0.135. The minimum absolute atomic E-state index is 0.0399. The summed E-state index contributed by atoms with van der Waals surface area (Å²) < 4.78 is 104. The average molecular weight is 918 g/mol. The van der Waals surface area contributed by atoms with Crippen molar-refractivity contribution >= 4 is 34.4 Å². The molecule has 13 nitrogen and oxygen atoms in total. The fraction of sp³-hybridized carbons (Fsp3) is 0.458. The van der Waals surface area contributed by atoms with Gasteiger partial charge in [0.25, 0.3) is 0 Å². The summed E-state index contributed by atoms with van der Waals surface area (Å²) in [6, 6.07) is 13.3. The first-order chi connectivity index (χ1) is 31.4. The number of fused-ring (bicyclic) bond motifs is 5. The fourth-order valence-corrected chi connectivity index (χ4v) is 9.91. The number of carbonyl (C=O) groups is 1. The van der Waals surface area contributed by atoms with Crippen molar-refractivity contribution in [3.63, 3.8) is 0 Å². The van der Waals surface area contributed by atoms with Crippen LogP contribution < -0.4 is 28.9 Å². The van der Waals surface area contributed by atoms with Gasteiger partial charge >= 0.3 is 12.3 Å². The van der Waals surface area contributed by atoms with E-state index in [2.05, 4.69) is 9.97 Å². The number of rotatable bonds is 10. The zero-order chi connectivity index (χ0) is 47.0.